The first-order valence-electron chi connectivity index (χ1n) is 12.0. The van der Waals surface area contributed by atoms with Gasteiger partial charge in [-0.2, -0.15) is 13.2 Å². The van der Waals surface area contributed by atoms with Crippen LogP contribution >= 0.6 is 0 Å². The first kappa shape index (κ1) is 25.5. The molecule has 1 N–H and O–H groups in total. The Morgan fingerprint density at radius 3 is 2.70 bits per heavy atom. The zero-order valence-corrected chi connectivity index (χ0v) is 20.4. The van der Waals surface area contributed by atoms with Crippen LogP contribution in [0.5, 0.6) is 11.5 Å². The number of hydrogen-bond donors (Lipinski definition) is 1. The maximum Gasteiger partial charge on any atom is 0.586 e. The van der Waals surface area contributed by atoms with E-state index in [1.165, 1.54) is 42.5 Å². The van der Waals surface area contributed by atoms with E-state index in [9.17, 15) is 31.5 Å². The molecule has 4 aromatic rings. The molecule has 12 heteroatoms. The van der Waals surface area contributed by atoms with Crippen molar-refractivity contribution in [2.45, 2.75) is 32.0 Å². The highest BCUT2D eigenvalue weighted by atomic mass is 19.4. The second-order valence-corrected chi connectivity index (χ2v) is 9.28. The van der Waals surface area contributed by atoms with Gasteiger partial charge >= 0.3 is 12.5 Å². The van der Waals surface area contributed by atoms with Crippen LogP contribution in [0.1, 0.15) is 43.2 Å². The topological polar surface area (TPSA) is 82.5 Å². The molecular formula is C28H18F5N3O4. The fourth-order valence-electron chi connectivity index (χ4n) is 4.80. The largest absolute Gasteiger partial charge is 0.586 e. The van der Waals surface area contributed by atoms with Crippen LogP contribution in [0.2, 0.25) is 0 Å². The number of allylic oxidation sites excluding steroid dienone is 2. The quantitative estimate of drug-likeness (QED) is 0.322. The van der Waals surface area contributed by atoms with Gasteiger partial charge in [-0.1, -0.05) is 36.4 Å². The number of benzene rings is 3. The predicted octanol–water partition coefficient (Wildman–Crippen LogP) is 5.65. The molecule has 2 aliphatic rings. The Kier molecular flexibility index (Phi) is 5.86. The molecule has 0 radical (unpaired) electrons. The van der Waals surface area contributed by atoms with Crippen molar-refractivity contribution in [2.24, 2.45) is 0 Å². The molecule has 0 saturated heterocycles. The Bertz CT molecular complexity index is 1730. The summed E-state index contributed by atoms with van der Waals surface area (Å²) in [5.74, 6) is -2.53. The van der Waals surface area contributed by atoms with Gasteiger partial charge in [-0.15, -0.1) is 8.78 Å². The molecule has 0 atom stereocenters. The van der Waals surface area contributed by atoms with Gasteiger partial charge < -0.3 is 19.4 Å². The second kappa shape index (κ2) is 9.18. The number of alkyl halides is 5. The third-order valence-electron chi connectivity index (χ3n) is 6.60. The summed E-state index contributed by atoms with van der Waals surface area (Å²) in [6, 6.07) is 13.1. The number of para-hydroxylation sites is 1. The van der Waals surface area contributed by atoms with Crippen molar-refractivity contribution in [2.75, 3.05) is 0 Å². The molecule has 3 aromatic carbocycles. The number of nitrogens with one attached hydrogen (secondary N) is 1. The Labute approximate surface area is 222 Å². The molecule has 6 rings (SSSR count). The summed E-state index contributed by atoms with van der Waals surface area (Å²) in [6.07, 6.45) is -4.94. The van der Waals surface area contributed by atoms with Crippen molar-refractivity contribution in [3.63, 3.8) is 0 Å². The van der Waals surface area contributed by atoms with Crippen LogP contribution in [0.3, 0.4) is 0 Å². The lowest BCUT2D eigenvalue weighted by Gasteiger charge is -2.13. The zero-order valence-electron chi connectivity index (χ0n) is 20.4. The lowest BCUT2D eigenvalue weighted by atomic mass is 9.94. The van der Waals surface area contributed by atoms with Crippen molar-refractivity contribution in [1.82, 2.24) is 14.9 Å². The van der Waals surface area contributed by atoms with Crippen LogP contribution in [0.25, 0.3) is 11.0 Å². The Morgan fingerprint density at radius 2 is 1.90 bits per heavy atom. The van der Waals surface area contributed by atoms with Crippen molar-refractivity contribution < 1.29 is 41.0 Å². The predicted molar refractivity (Wildman–Crippen MR) is 131 cm³/mol. The normalized spacial score (nSPS) is 15.4. The van der Waals surface area contributed by atoms with Gasteiger partial charge in [0.2, 0.25) is 5.82 Å². The molecule has 0 unspecified atom stereocenters. The SMILES string of the molecule is O=C(NCc1ccc2c(c1)CC=CC2=O)c1ccc2c(c1)nc(C(F)(F)F)n2Cc1cccc2c1OC(F)(F)O2. The van der Waals surface area contributed by atoms with Gasteiger partial charge in [0, 0.05) is 23.2 Å². The number of rotatable bonds is 5. The fraction of sp³-hybridized carbons (Fsp3) is 0.179. The van der Waals surface area contributed by atoms with Gasteiger partial charge in [0.25, 0.3) is 5.91 Å². The summed E-state index contributed by atoms with van der Waals surface area (Å²) in [6.45, 7) is -0.356. The summed E-state index contributed by atoms with van der Waals surface area (Å²) in [7, 11) is 0. The number of fused-ring (bicyclic) bond motifs is 3. The maximum atomic E-state index is 13.9. The highest BCUT2D eigenvalue weighted by molar-refractivity contribution is 6.06. The van der Waals surface area contributed by atoms with Crippen LogP contribution in [0, 0.1) is 0 Å². The van der Waals surface area contributed by atoms with Crippen molar-refractivity contribution in [1.29, 1.82) is 0 Å². The van der Waals surface area contributed by atoms with Crippen molar-refractivity contribution in [3.8, 4) is 11.5 Å². The van der Waals surface area contributed by atoms with E-state index in [1.54, 1.807) is 18.2 Å². The summed E-state index contributed by atoms with van der Waals surface area (Å²) >= 11 is 0. The van der Waals surface area contributed by atoms with E-state index in [0.29, 0.717) is 12.0 Å². The lowest BCUT2D eigenvalue weighted by molar-refractivity contribution is -0.287. The number of carbonyl (C=O) groups excluding carboxylic acids is 2. The van der Waals surface area contributed by atoms with Gasteiger partial charge in [-0.05, 0) is 47.9 Å². The van der Waals surface area contributed by atoms with Gasteiger partial charge in [0.15, 0.2) is 17.3 Å². The molecule has 0 bridgehead atoms. The standard InChI is InChI=1S/C28H18F5N3O4/c29-27(30,31)26-35-20-12-17(25(38)34-13-15-7-9-19-16(11-15)3-1-5-22(19)37)8-10-21(20)36(26)14-18-4-2-6-23-24(18)40-28(32,33)39-23/h1-2,4-12H,3,13-14H2,(H,34,38). The van der Waals surface area contributed by atoms with Gasteiger partial charge in [-0.3, -0.25) is 9.59 Å². The Morgan fingerprint density at radius 1 is 1.07 bits per heavy atom. The highest BCUT2D eigenvalue weighted by Gasteiger charge is 2.45. The molecule has 0 fully saturated rings. The van der Waals surface area contributed by atoms with E-state index >= 15 is 0 Å². The van der Waals surface area contributed by atoms with Crippen LogP contribution in [0.4, 0.5) is 22.0 Å². The molecule has 40 heavy (non-hydrogen) atoms. The minimum atomic E-state index is -4.87. The van der Waals surface area contributed by atoms with Crippen LogP contribution in [-0.4, -0.2) is 27.5 Å². The number of nitrogens with zero attached hydrogens (tertiary/aromatic N) is 2. The average molecular weight is 555 g/mol. The number of ether oxygens (including phenoxy) is 2. The third kappa shape index (κ3) is 4.65. The first-order chi connectivity index (χ1) is 19.0. The number of imidazole rings is 1. The molecule has 1 aliphatic heterocycles. The average Bonchev–Trinajstić information content (AvgIpc) is 3.43. The second-order valence-electron chi connectivity index (χ2n) is 9.28. The molecule has 0 spiro atoms. The van der Waals surface area contributed by atoms with Gasteiger partial charge in [-0.25, -0.2) is 4.98 Å². The van der Waals surface area contributed by atoms with E-state index in [0.717, 1.165) is 15.7 Å². The van der Waals surface area contributed by atoms with Crippen LogP contribution < -0.4 is 14.8 Å². The van der Waals surface area contributed by atoms with Gasteiger partial charge in [0.05, 0.1) is 17.6 Å². The summed E-state index contributed by atoms with van der Waals surface area (Å²) in [5.41, 5.74) is 2.26. The number of hydrogen-bond acceptors (Lipinski definition) is 5. The maximum absolute atomic E-state index is 13.9. The third-order valence-corrected chi connectivity index (χ3v) is 6.60. The molecule has 2 heterocycles. The van der Waals surface area contributed by atoms with Crippen molar-refractivity contribution >= 4 is 22.7 Å². The number of halogens is 5. The van der Waals surface area contributed by atoms with Gasteiger partial charge in [0.1, 0.15) is 0 Å². The first-order valence-corrected chi connectivity index (χ1v) is 12.0. The van der Waals surface area contributed by atoms with E-state index in [1.807, 2.05) is 6.07 Å². The molecule has 0 saturated carbocycles. The molecule has 204 valence electrons. The van der Waals surface area contributed by atoms with E-state index in [4.69, 9.17) is 0 Å². The lowest BCUT2D eigenvalue weighted by Crippen LogP contribution is -2.26. The minimum Gasteiger partial charge on any atom is -0.395 e. The summed E-state index contributed by atoms with van der Waals surface area (Å²) in [4.78, 5) is 28.5. The fourth-order valence-corrected chi connectivity index (χ4v) is 4.80. The highest BCUT2D eigenvalue weighted by Crippen LogP contribution is 2.44. The smallest absolute Gasteiger partial charge is 0.395 e. The Hall–Kier alpha value is -4.74. The molecule has 7 nitrogen and oxygen atoms in total. The molecule has 1 amide bonds. The number of ketones is 1. The van der Waals surface area contributed by atoms with Crippen LogP contribution in [-0.2, 0) is 25.7 Å². The molecule has 1 aromatic heterocycles. The van der Waals surface area contributed by atoms with E-state index in [-0.39, 0.29) is 46.0 Å². The van der Waals surface area contributed by atoms with E-state index in [2.05, 4.69) is 19.8 Å². The molecular weight excluding hydrogens is 537 g/mol. The number of carbonyl (C=O) groups is 2. The van der Waals surface area contributed by atoms with Crippen molar-refractivity contribution in [3.05, 3.63) is 100 Å². The number of amides is 1. The zero-order chi connectivity index (χ0) is 28.2. The van der Waals surface area contributed by atoms with E-state index < -0.39 is 30.7 Å². The minimum absolute atomic E-state index is 0.0311. The summed E-state index contributed by atoms with van der Waals surface area (Å²) in [5, 5.41) is 2.73. The summed E-state index contributed by atoms with van der Waals surface area (Å²) < 4.78 is 78.8. The van der Waals surface area contributed by atoms with Crippen LogP contribution in [0.15, 0.2) is 66.7 Å². The Balaban J connectivity index is 1.27. The molecule has 1 aliphatic carbocycles. The number of aromatic nitrogens is 2. The monoisotopic (exact) mass is 555 g/mol.